The third-order valence-corrected chi connectivity index (χ3v) is 5.23. The lowest BCUT2D eigenvalue weighted by Crippen LogP contribution is -2.59. The van der Waals surface area contributed by atoms with Crippen LogP contribution in [0, 0.1) is 5.92 Å². The van der Waals surface area contributed by atoms with E-state index in [-0.39, 0.29) is 0 Å². The maximum atomic E-state index is 3.85. The van der Waals surface area contributed by atoms with Gasteiger partial charge in [-0.05, 0) is 37.3 Å². The first-order valence-corrected chi connectivity index (χ1v) is 8.43. The van der Waals surface area contributed by atoms with Crippen LogP contribution in [0.25, 0.3) is 0 Å². The maximum Gasteiger partial charge on any atom is 0.0412 e. The molecule has 2 atom stereocenters. The fraction of sp³-hybridized carbons (Fsp3) is 0.667. The molecule has 1 aliphatic heterocycles. The average molecular weight is 272 g/mol. The standard InChI is InChI=1S/C18H28N2/c1-2-16-13-19-18(15-9-5-3-6-10-15)14-20(16)17-11-7-4-8-12-17/h4,7-8,11-12,15-16,18-19H,2-3,5-6,9-10,13-14H2,1H3. The first-order chi connectivity index (χ1) is 9.88. The van der Waals surface area contributed by atoms with Crippen LogP contribution in [-0.2, 0) is 0 Å². The number of para-hydroxylation sites is 1. The lowest BCUT2D eigenvalue weighted by molar-refractivity contribution is 0.240. The van der Waals surface area contributed by atoms with Crippen molar-refractivity contribution in [1.29, 1.82) is 0 Å². The summed E-state index contributed by atoms with van der Waals surface area (Å²) in [6.45, 7) is 4.64. The SMILES string of the molecule is CCC1CNC(C2CCCCC2)CN1c1ccccc1. The van der Waals surface area contributed by atoms with Gasteiger partial charge in [0.05, 0.1) is 0 Å². The predicted octanol–water partition coefficient (Wildman–Crippen LogP) is 3.82. The summed E-state index contributed by atoms with van der Waals surface area (Å²) in [5, 5.41) is 3.85. The Labute approximate surface area is 123 Å². The highest BCUT2D eigenvalue weighted by Gasteiger charge is 2.32. The molecule has 0 amide bonds. The summed E-state index contributed by atoms with van der Waals surface area (Å²) in [5.74, 6) is 0.896. The van der Waals surface area contributed by atoms with Crippen LogP contribution in [0.15, 0.2) is 30.3 Å². The molecule has 20 heavy (non-hydrogen) atoms. The van der Waals surface area contributed by atoms with Crippen molar-refractivity contribution in [2.24, 2.45) is 5.92 Å². The Hall–Kier alpha value is -1.02. The van der Waals surface area contributed by atoms with Gasteiger partial charge in [0.1, 0.15) is 0 Å². The van der Waals surface area contributed by atoms with E-state index in [1.165, 1.54) is 50.8 Å². The molecular formula is C18H28N2. The highest BCUT2D eigenvalue weighted by Crippen LogP contribution is 2.30. The average Bonchev–Trinajstić information content (AvgIpc) is 2.56. The molecule has 2 fully saturated rings. The van der Waals surface area contributed by atoms with E-state index in [0.717, 1.165) is 12.5 Å². The Morgan fingerprint density at radius 3 is 2.55 bits per heavy atom. The van der Waals surface area contributed by atoms with Gasteiger partial charge in [0, 0.05) is 30.9 Å². The molecule has 1 saturated carbocycles. The van der Waals surface area contributed by atoms with Crippen LogP contribution in [0.5, 0.6) is 0 Å². The number of benzene rings is 1. The quantitative estimate of drug-likeness (QED) is 0.900. The normalized spacial score (nSPS) is 28.6. The molecule has 0 radical (unpaired) electrons. The number of rotatable bonds is 3. The van der Waals surface area contributed by atoms with Gasteiger partial charge in [-0.3, -0.25) is 0 Å². The number of nitrogens with one attached hydrogen (secondary N) is 1. The second-order valence-corrected chi connectivity index (χ2v) is 6.46. The molecular weight excluding hydrogens is 244 g/mol. The highest BCUT2D eigenvalue weighted by atomic mass is 15.2. The summed E-state index contributed by atoms with van der Waals surface area (Å²) in [6.07, 6.45) is 8.40. The number of nitrogens with zero attached hydrogens (tertiary/aromatic N) is 1. The zero-order valence-corrected chi connectivity index (χ0v) is 12.7. The monoisotopic (exact) mass is 272 g/mol. The number of anilines is 1. The van der Waals surface area contributed by atoms with Crippen molar-refractivity contribution in [2.45, 2.75) is 57.5 Å². The molecule has 1 heterocycles. The van der Waals surface area contributed by atoms with Gasteiger partial charge in [-0.15, -0.1) is 0 Å². The van der Waals surface area contributed by atoms with Gasteiger partial charge < -0.3 is 10.2 Å². The molecule has 2 heteroatoms. The molecule has 1 aliphatic carbocycles. The van der Waals surface area contributed by atoms with Crippen LogP contribution >= 0.6 is 0 Å². The summed E-state index contributed by atoms with van der Waals surface area (Å²) in [5.41, 5.74) is 1.40. The van der Waals surface area contributed by atoms with E-state index in [1.54, 1.807) is 0 Å². The summed E-state index contributed by atoms with van der Waals surface area (Å²) >= 11 is 0. The van der Waals surface area contributed by atoms with E-state index in [2.05, 4.69) is 47.5 Å². The molecule has 0 aromatic heterocycles. The van der Waals surface area contributed by atoms with E-state index in [9.17, 15) is 0 Å². The lowest BCUT2D eigenvalue weighted by Gasteiger charge is -2.45. The van der Waals surface area contributed by atoms with Crippen molar-refractivity contribution in [3.8, 4) is 0 Å². The smallest absolute Gasteiger partial charge is 0.0412 e. The first kappa shape index (κ1) is 13.9. The minimum absolute atomic E-state index is 0.650. The van der Waals surface area contributed by atoms with E-state index < -0.39 is 0 Å². The number of piperazine rings is 1. The van der Waals surface area contributed by atoms with Crippen molar-refractivity contribution in [1.82, 2.24) is 5.32 Å². The molecule has 0 spiro atoms. The molecule has 2 aliphatic rings. The first-order valence-electron chi connectivity index (χ1n) is 8.43. The van der Waals surface area contributed by atoms with Crippen molar-refractivity contribution in [3.05, 3.63) is 30.3 Å². The van der Waals surface area contributed by atoms with Gasteiger partial charge in [0.15, 0.2) is 0 Å². The van der Waals surface area contributed by atoms with Crippen LogP contribution in [0.3, 0.4) is 0 Å². The second kappa shape index (κ2) is 6.62. The maximum absolute atomic E-state index is 3.85. The van der Waals surface area contributed by atoms with Gasteiger partial charge in [-0.1, -0.05) is 44.4 Å². The Morgan fingerprint density at radius 1 is 1.10 bits per heavy atom. The van der Waals surface area contributed by atoms with Crippen LogP contribution in [0.2, 0.25) is 0 Å². The lowest BCUT2D eigenvalue weighted by atomic mass is 9.82. The van der Waals surface area contributed by atoms with Crippen molar-refractivity contribution in [3.63, 3.8) is 0 Å². The Balaban J connectivity index is 1.72. The zero-order valence-electron chi connectivity index (χ0n) is 12.7. The predicted molar refractivity (Wildman–Crippen MR) is 86.2 cm³/mol. The topological polar surface area (TPSA) is 15.3 Å². The fourth-order valence-electron chi connectivity index (χ4n) is 3.98. The van der Waals surface area contributed by atoms with E-state index >= 15 is 0 Å². The second-order valence-electron chi connectivity index (χ2n) is 6.46. The summed E-state index contributed by atoms with van der Waals surface area (Å²) in [7, 11) is 0. The fourth-order valence-corrected chi connectivity index (χ4v) is 3.98. The minimum Gasteiger partial charge on any atom is -0.366 e. The highest BCUT2D eigenvalue weighted by molar-refractivity contribution is 5.48. The Bertz CT molecular complexity index is 397. The van der Waals surface area contributed by atoms with E-state index in [4.69, 9.17) is 0 Å². The van der Waals surface area contributed by atoms with E-state index in [0.29, 0.717) is 12.1 Å². The summed E-state index contributed by atoms with van der Waals surface area (Å²) in [4.78, 5) is 2.65. The molecule has 1 aromatic carbocycles. The number of hydrogen-bond acceptors (Lipinski definition) is 2. The van der Waals surface area contributed by atoms with Crippen LogP contribution in [-0.4, -0.2) is 25.2 Å². The molecule has 110 valence electrons. The van der Waals surface area contributed by atoms with Crippen LogP contribution in [0.1, 0.15) is 45.4 Å². The van der Waals surface area contributed by atoms with Crippen LogP contribution in [0.4, 0.5) is 5.69 Å². The molecule has 0 bridgehead atoms. The minimum atomic E-state index is 0.650. The molecule has 3 rings (SSSR count). The summed E-state index contributed by atoms with van der Waals surface area (Å²) < 4.78 is 0. The van der Waals surface area contributed by atoms with E-state index in [1.807, 2.05) is 0 Å². The van der Waals surface area contributed by atoms with Gasteiger partial charge in [-0.25, -0.2) is 0 Å². The van der Waals surface area contributed by atoms with Crippen molar-refractivity contribution >= 4 is 5.69 Å². The van der Waals surface area contributed by atoms with Crippen LogP contribution < -0.4 is 10.2 Å². The largest absolute Gasteiger partial charge is 0.366 e. The number of hydrogen-bond donors (Lipinski definition) is 1. The molecule has 2 nitrogen and oxygen atoms in total. The van der Waals surface area contributed by atoms with Gasteiger partial charge in [-0.2, -0.15) is 0 Å². The molecule has 1 N–H and O–H groups in total. The third kappa shape index (κ3) is 3.01. The molecule has 2 unspecified atom stereocenters. The van der Waals surface area contributed by atoms with Gasteiger partial charge in [0.2, 0.25) is 0 Å². The van der Waals surface area contributed by atoms with Gasteiger partial charge >= 0.3 is 0 Å². The molecule has 1 aromatic rings. The Kier molecular flexibility index (Phi) is 4.62. The third-order valence-electron chi connectivity index (χ3n) is 5.23. The zero-order chi connectivity index (χ0) is 13.8. The molecule has 1 saturated heterocycles. The summed E-state index contributed by atoms with van der Waals surface area (Å²) in [6, 6.07) is 12.3. The van der Waals surface area contributed by atoms with Crippen molar-refractivity contribution < 1.29 is 0 Å². The van der Waals surface area contributed by atoms with Gasteiger partial charge in [0.25, 0.3) is 0 Å². The van der Waals surface area contributed by atoms with Crippen molar-refractivity contribution in [2.75, 3.05) is 18.0 Å². The Morgan fingerprint density at radius 2 is 1.85 bits per heavy atom.